The number of aldehydes is 1. The number of benzene rings is 1. The van der Waals surface area contributed by atoms with E-state index in [1.165, 1.54) is 6.42 Å². The Bertz CT molecular complexity index is 185. The van der Waals surface area contributed by atoms with Gasteiger partial charge in [-0.1, -0.05) is 25.8 Å². The molecule has 0 amide bonds. The van der Waals surface area contributed by atoms with Gasteiger partial charge in [-0.15, -0.1) is 0 Å². The van der Waals surface area contributed by atoms with E-state index in [-0.39, 0.29) is 40.1 Å². The van der Waals surface area contributed by atoms with E-state index in [0.29, 0.717) is 5.56 Å². The molecule has 1 aromatic carbocycles. The Kier molecular flexibility index (Phi) is 20.9. The average molecular weight is 253 g/mol. The quantitative estimate of drug-likeness (QED) is 0.555. The van der Waals surface area contributed by atoms with Crippen molar-refractivity contribution < 1.29 is 37.5 Å². The van der Waals surface area contributed by atoms with Crippen molar-refractivity contribution in [2.75, 3.05) is 0 Å². The van der Waals surface area contributed by atoms with Gasteiger partial charge in [0.2, 0.25) is 0 Å². The summed E-state index contributed by atoms with van der Waals surface area (Å²) in [6.45, 7) is 4.25. The first-order valence-electron chi connectivity index (χ1n) is 3.76. The zero-order chi connectivity index (χ0) is 8.53. The molecule has 0 unspecified atom stereocenters. The van der Waals surface area contributed by atoms with Gasteiger partial charge in [0.15, 0.2) is 0 Å². The van der Waals surface area contributed by atoms with Gasteiger partial charge in [-0.3, -0.25) is 0 Å². The van der Waals surface area contributed by atoms with Gasteiger partial charge in [0, 0.05) is 32.7 Å². The smallest absolute Gasteiger partial charge is 0.0950 e. The van der Waals surface area contributed by atoms with Crippen LogP contribution in [0.4, 0.5) is 0 Å². The summed E-state index contributed by atoms with van der Waals surface area (Å²) in [5, 5.41) is 0. The van der Waals surface area contributed by atoms with Crippen LogP contribution in [-0.4, -0.2) is 6.29 Å². The maximum Gasteiger partial charge on any atom is 0.0950 e. The summed E-state index contributed by atoms with van der Waals surface area (Å²) < 4.78 is 0. The number of rotatable bonds is 1. The van der Waals surface area contributed by atoms with Crippen molar-refractivity contribution in [2.45, 2.75) is 20.3 Å². The summed E-state index contributed by atoms with van der Waals surface area (Å²) in [4.78, 5) is 9.99. The Hall–Kier alpha value is -0.00610. The van der Waals surface area contributed by atoms with Crippen molar-refractivity contribution in [3.63, 3.8) is 0 Å². The van der Waals surface area contributed by atoms with Crippen LogP contribution >= 0.6 is 0 Å². The van der Waals surface area contributed by atoms with Crippen molar-refractivity contribution in [3.05, 3.63) is 43.3 Å². The predicted molar refractivity (Wildman–Crippen MR) is 53.0 cm³/mol. The second-order valence-corrected chi connectivity index (χ2v) is 2.16. The zero-order valence-corrected chi connectivity index (χ0v) is 11.4. The Labute approximate surface area is 107 Å². The van der Waals surface area contributed by atoms with Crippen molar-refractivity contribution in [1.29, 1.82) is 0 Å². The first-order chi connectivity index (χ1) is 5.35. The number of hydrogen-bond donors (Lipinski definition) is 0. The molecule has 13 heavy (non-hydrogen) atoms. The van der Waals surface area contributed by atoms with E-state index in [1.54, 1.807) is 24.3 Å². The van der Waals surface area contributed by atoms with Gasteiger partial charge in [0.25, 0.3) is 0 Å². The van der Waals surface area contributed by atoms with E-state index in [2.05, 4.69) is 19.9 Å². The molecule has 0 saturated carbocycles. The summed E-state index contributed by atoms with van der Waals surface area (Å²) in [5.74, 6) is 0. The molecule has 0 heterocycles. The van der Waals surface area contributed by atoms with Crippen LogP contribution in [0.3, 0.4) is 0 Å². The molecular formula is C11H16OY-2. The minimum absolute atomic E-state index is 0. The molecule has 0 aliphatic carbocycles. The van der Waals surface area contributed by atoms with Crippen molar-refractivity contribution >= 4 is 6.29 Å². The average Bonchev–Trinajstić information content (AvgIpc) is 2.08. The summed E-state index contributed by atoms with van der Waals surface area (Å²) in [7, 11) is 0. The normalized spacial score (nSPS) is 6.62. The monoisotopic (exact) mass is 253 g/mol. The van der Waals surface area contributed by atoms with Crippen molar-refractivity contribution in [2.24, 2.45) is 0 Å². The summed E-state index contributed by atoms with van der Waals surface area (Å²) in [6.07, 6.45) is 2.05. The summed E-state index contributed by atoms with van der Waals surface area (Å²) in [6, 6.07) is 9.70. The third-order valence-electron chi connectivity index (χ3n) is 0.867. The molecule has 0 aliphatic heterocycles. The van der Waals surface area contributed by atoms with E-state index in [0.717, 1.165) is 6.29 Å². The van der Waals surface area contributed by atoms with Crippen LogP contribution in [0.5, 0.6) is 0 Å². The molecular weight excluding hydrogens is 237 g/mol. The second-order valence-electron chi connectivity index (χ2n) is 2.16. The van der Waals surface area contributed by atoms with E-state index >= 15 is 0 Å². The molecule has 0 saturated heterocycles. The minimum Gasteiger partial charge on any atom is -0.358 e. The molecule has 2 heteroatoms. The number of carbonyl (C=O) groups is 1. The van der Waals surface area contributed by atoms with Gasteiger partial charge in [0.1, 0.15) is 0 Å². The zero-order valence-electron chi connectivity index (χ0n) is 8.58. The first kappa shape index (κ1) is 18.7. The number of hydrogen-bond acceptors (Lipinski definition) is 1. The maximum absolute atomic E-state index is 9.99. The van der Waals surface area contributed by atoms with Gasteiger partial charge in [0.05, 0.1) is 6.29 Å². The molecule has 1 aromatic rings. The van der Waals surface area contributed by atoms with E-state index in [4.69, 9.17) is 0 Å². The predicted octanol–water partition coefficient (Wildman–Crippen LogP) is 3.16. The van der Waals surface area contributed by atoms with Gasteiger partial charge in [-0.05, 0) is 0 Å². The van der Waals surface area contributed by atoms with Crippen LogP contribution in [-0.2, 0) is 32.7 Å². The molecule has 0 atom stereocenters. The van der Waals surface area contributed by atoms with Crippen LogP contribution in [0.2, 0.25) is 0 Å². The number of carbonyl (C=O) groups excluding carboxylic acids is 1. The molecule has 1 radical (unpaired) electrons. The molecule has 0 aromatic heterocycles. The molecule has 0 N–H and O–H groups in total. The standard InChI is InChI=1S/C7H5O.C3H8.CH3.Y/c8-6-7-4-2-1-3-5-7;1-3-2;;/h1-2,4-6H;3H2,1-2H3;1H3;/q-1;;-1;. The molecule has 0 fully saturated rings. The third kappa shape index (κ3) is 12.0. The van der Waals surface area contributed by atoms with Gasteiger partial charge in [-0.2, -0.15) is 30.3 Å². The van der Waals surface area contributed by atoms with E-state index < -0.39 is 0 Å². The van der Waals surface area contributed by atoms with Crippen LogP contribution in [0.15, 0.2) is 24.3 Å². The maximum atomic E-state index is 9.99. The molecule has 71 valence electrons. The van der Waals surface area contributed by atoms with E-state index in [9.17, 15) is 4.79 Å². The Morgan fingerprint density at radius 2 is 2.00 bits per heavy atom. The Morgan fingerprint density at radius 3 is 2.23 bits per heavy atom. The fourth-order valence-corrected chi connectivity index (χ4v) is 0.481. The molecule has 0 aliphatic rings. The fraction of sp³-hybridized carbons (Fsp3) is 0.273. The van der Waals surface area contributed by atoms with Gasteiger partial charge < -0.3 is 12.2 Å². The minimum atomic E-state index is 0. The summed E-state index contributed by atoms with van der Waals surface area (Å²) >= 11 is 0. The Morgan fingerprint density at radius 1 is 1.46 bits per heavy atom. The van der Waals surface area contributed by atoms with Crippen molar-refractivity contribution in [1.82, 2.24) is 0 Å². The Balaban J connectivity index is -0.000000180. The van der Waals surface area contributed by atoms with Crippen LogP contribution < -0.4 is 0 Å². The van der Waals surface area contributed by atoms with Crippen LogP contribution in [0, 0.1) is 13.5 Å². The largest absolute Gasteiger partial charge is 0.358 e. The summed E-state index contributed by atoms with van der Waals surface area (Å²) in [5.41, 5.74) is 0.674. The second kappa shape index (κ2) is 14.5. The fourth-order valence-electron chi connectivity index (χ4n) is 0.481. The van der Waals surface area contributed by atoms with E-state index in [1.807, 2.05) is 0 Å². The topological polar surface area (TPSA) is 17.1 Å². The molecule has 0 spiro atoms. The van der Waals surface area contributed by atoms with Gasteiger partial charge in [-0.25, -0.2) is 0 Å². The molecule has 1 rings (SSSR count). The SMILES string of the molecule is CCC.O=Cc1c[c-]ccc1.[CH3-].[Y]. The molecule has 1 nitrogen and oxygen atoms in total. The molecule has 0 bridgehead atoms. The van der Waals surface area contributed by atoms with Crippen LogP contribution in [0.1, 0.15) is 30.6 Å². The van der Waals surface area contributed by atoms with Crippen molar-refractivity contribution in [3.8, 4) is 0 Å². The van der Waals surface area contributed by atoms with Crippen LogP contribution in [0.25, 0.3) is 0 Å². The first-order valence-corrected chi connectivity index (χ1v) is 3.76. The van der Waals surface area contributed by atoms with Gasteiger partial charge >= 0.3 is 0 Å². The third-order valence-corrected chi connectivity index (χ3v) is 0.867.